The monoisotopic (exact) mass is 198 g/mol. The molecule has 0 bridgehead atoms. The fraction of sp³-hybridized carbons (Fsp3) is 0.909. The number of hydrogen-bond acceptors (Lipinski definition) is 2. The molecule has 0 aromatic carbocycles. The highest BCUT2D eigenvalue weighted by Gasteiger charge is 2.28. The number of primary amides is 1. The molecule has 1 atom stereocenters. The molecule has 1 fully saturated rings. The van der Waals surface area contributed by atoms with Gasteiger partial charge in [0.05, 0.1) is 6.04 Å². The minimum Gasteiger partial charge on any atom is -0.368 e. The molecule has 1 rings (SSSR count). The van der Waals surface area contributed by atoms with Crippen LogP contribution in [-0.2, 0) is 4.79 Å². The van der Waals surface area contributed by atoms with Crippen molar-refractivity contribution in [3.05, 3.63) is 0 Å². The second-order valence-electron chi connectivity index (χ2n) is 4.73. The van der Waals surface area contributed by atoms with Gasteiger partial charge in [-0.05, 0) is 31.2 Å². The van der Waals surface area contributed by atoms with Gasteiger partial charge in [-0.3, -0.25) is 4.79 Å². The van der Waals surface area contributed by atoms with Gasteiger partial charge in [0.1, 0.15) is 0 Å². The third kappa shape index (κ3) is 3.29. The van der Waals surface area contributed by atoms with E-state index < -0.39 is 0 Å². The van der Waals surface area contributed by atoms with Crippen LogP contribution in [0, 0.1) is 11.8 Å². The van der Waals surface area contributed by atoms with Gasteiger partial charge in [-0.1, -0.05) is 26.7 Å². The molecule has 0 aromatic rings. The number of nitrogens with two attached hydrogens (primary N) is 1. The first kappa shape index (κ1) is 11.5. The zero-order valence-electron chi connectivity index (χ0n) is 9.25. The Bertz CT molecular complexity index is 186. The molecule has 0 radical (unpaired) electrons. The van der Waals surface area contributed by atoms with Crippen LogP contribution in [-0.4, -0.2) is 18.5 Å². The average molecular weight is 198 g/mol. The van der Waals surface area contributed by atoms with E-state index in [2.05, 4.69) is 19.2 Å². The topological polar surface area (TPSA) is 55.1 Å². The zero-order valence-corrected chi connectivity index (χ0v) is 9.25. The van der Waals surface area contributed by atoms with Crippen LogP contribution in [0.2, 0.25) is 0 Å². The maximum atomic E-state index is 11.3. The maximum absolute atomic E-state index is 11.3. The highest BCUT2D eigenvalue weighted by atomic mass is 16.1. The molecule has 82 valence electrons. The van der Waals surface area contributed by atoms with Crippen molar-refractivity contribution in [1.29, 1.82) is 0 Å². The van der Waals surface area contributed by atoms with E-state index in [1.54, 1.807) is 0 Å². The van der Waals surface area contributed by atoms with E-state index in [0.29, 0.717) is 11.8 Å². The summed E-state index contributed by atoms with van der Waals surface area (Å²) in [5, 5.41) is 3.29. The Kier molecular flexibility index (Phi) is 4.39. The smallest absolute Gasteiger partial charge is 0.234 e. The molecule has 3 nitrogen and oxygen atoms in total. The fourth-order valence-electron chi connectivity index (χ4n) is 2.15. The third-order valence-corrected chi connectivity index (χ3v) is 2.92. The Morgan fingerprint density at radius 2 is 2.00 bits per heavy atom. The van der Waals surface area contributed by atoms with E-state index >= 15 is 0 Å². The Labute approximate surface area is 86.4 Å². The normalized spacial score (nSPS) is 20.2. The standard InChI is InChI=1S/C11H22N2O/c1-8(2)7-13-10(11(12)14)9-5-3-4-6-9/h8-10,13H,3-7H2,1-2H3,(H2,12,14). The predicted octanol–water partition coefficient (Wildman–Crippen LogP) is 1.28. The van der Waals surface area contributed by atoms with Crippen LogP contribution < -0.4 is 11.1 Å². The largest absolute Gasteiger partial charge is 0.368 e. The van der Waals surface area contributed by atoms with Gasteiger partial charge in [0.2, 0.25) is 5.91 Å². The first-order valence-electron chi connectivity index (χ1n) is 5.64. The van der Waals surface area contributed by atoms with Crippen molar-refractivity contribution < 1.29 is 4.79 Å². The molecule has 0 spiro atoms. The second-order valence-corrected chi connectivity index (χ2v) is 4.73. The molecule has 1 amide bonds. The van der Waals surface area contributed by atoms with Crippen molar-refractivity contribution in [3.63, 3.8) is 0 Å². The molecule has 0 saturated heterocycles. The molecule has 1 aliphatic rings. The van der Waals surface area contributed by atoms with Gasteiger partial charge in [0, 0.05) is 0 Å². The summed E-state index contributed by atoms with van der Waals surface area (Å²) in [6.07, 6.45) is 4.80. The van der Waals surface area contributed by atoms with Crippen molar-refractivity contribution in [1.82, 2.24) is 5.32 Å². The highest BCUT2D eigenvalue weighted by molar-refractivity contribution is 5.80. The number of carbonyl (C=O) groups is 1. The van der Waals surface area contributed by atoms with Crippen LogP contribution in [0.1, 0.15) is 39.5 Å². The zero-order chi connectivity index (χ0) is 10.6. The van der Waals surface area contributed by atoms with Gasteiger partial charge < -0.3 is 11.1 Å². The quantitative estimate of drug-likeness (QED) is 0.699. The molecule has 3 heteroatoms. The molecule has 14 heavy (non-hydrogen) atoms. The second kappa shape index (κ2) is 5.35. The van der Waals surface area contributed by atoms with Crippen molar-refractivity contribution in [2.45, 2.75) is 45.6 Å². The van der Waals surface area contributed by atoms with Crippen molar-refractivity contribution in [3.8, 4) is 0 Å². The summed E-state index contributed by atoms with van der Waals surface area (Å²) >= 11 is 0. The van der Waals surface area contributed by atoms with E-state index in [4.69, 9.17) is 5.73 Å². The van der Waals surface area contributed by atoms with Crippen molar-refractivity contribution >= 4 is 5.91 Å². The lowest BCUT2D eigenvalue weighted by molar-refractivity contribution is -0.121. The van der Waals surface area contributed by atoms with Gasteiger partial charge >= 0.3 is 0 Å². The molecular formula is C11H22N2O. The SMILES string of the molecule is CC(C)CNC(C(N)=O)C1CCCC1. The molecular weight excluding hydrogens is 176 g/mol. The molecule has 3 N–H and O–H groups in total. The average Bonchev–Trinajstić information content (AvgIpc) is 2.56. The Morgan fingerprint density at radius 1 is 1.43 bits per heavy atom. The number of amides is 1. The van der Waals surface area contributed by atoms with Gasteiger partial charge in [-0.15, -0.1) is 0 Å². The highest BCUT2D eigenvalue weighted by Crippen LogP contribution is 2.27. The van der Waals surface area contributed by atoms with Gasteiger partial charge in [0.15, 0.2) is 0 Å². The summed E-state index contributed by atoms with van der Waals surface area (Å²) < 4.78 is 0. The molecule has 1 saturated carbocycles. The van der Waals surface area contributed by atoms with Crippen molar-refractivity contribution in [2.75, 3.05) is 6.54 Å². The van der Waals surface area contributed by atoms with E-state index in [-0.39, 0.29) is 11.9 Å². The van der Waals surface area contributed by atoms with E-state index in [1.165, 1.54) is 12.8 Å². The van der Waals surface area contributed by atoms with E-state index in [1.807, 2.05) is 0 Å². The number of hydrogen-bond donors (Lipinski definition) is 2. The van der Waals surface area contributed by atoms with Crippen LogP contribution in [0.3, 0.4) is 0 Å². The fourth-order valence-corrected chi connectivity index (χ4v) is 2.15. The lowest BCUT2D eigenvalue weighted by Gasteiger charge is -2.22. The summed E-state index contributed by atoms with van der Waals surface area (Å²) in [6.45, 7) is 5.16. The Hall–Kier alpha value is -0.570. The summed E-state index contributed by atoms with van der Waals surface area (Å²) in [7, 11) is 0. The molecule has 0 heterocycles. The molecule has 1 unspecified atom stereocenters. The summed E-state index contributed by atoms with van der Waals surface area (Å²) in [5.41, 5.74) is 5.40. The molecule has 0 aliphatic heterocycles. The van der Waals surface area contributed by atoms with Crippen molar-refractivity contribution in [2.24, 2.45) is 17.6 Å². The number of carbonyl (C=O) groups excluding carboxylic acids is 1. The molecule has 1 aliphatic carbocycles. The van der Waals surface area contributed by atoms with Crippen LogP contribution >= 0.6 is 0 Å². The third-order valence-electron chi connectivity index (χ3n) is 2.92. The minimum atomic E-state index is -0.183. The van der Waals surface area contributed by atoms with Crippen LogP contribution in [0.25, 0.3) is 0 Å². The lowest BCUT2D eigenvalue weighted by Crippen LogP contribution is -2.47. The van der Waals surface area contributed by atoms with Gasteiger partial charge in [-0.25, -0.2) is 0 Å². The van der Waals surface area contributed by atoms with Crippen LogP contribution in [0.4, 0.5) is 0 Å². The minimum absolute atomic E-state index is 0.0973. The maximum Gasteiger partial charge on any atom is 0.234 e. The van der Waals surface area contributed by atoms with Crippen LogP contribution in [0.15, 0.2) is 0 Å². The number of nitrogens with one attached hydrogen (secondary N) is 1. The summed E-state index contributed by atoms with van der Waals surface area (Å²) in [6, 6.07) is -0.0973. The van der Waals surface area contributed by atoms with Crippen LogP contribution in [0.5, 0.6) is 0 Å². The van der Waals surface area contributed by atoms with Gasteiger partial charge in [0.25, 0.3) is 0 Å². The van der Waals surface area contributed by atoms with E-state index in [9.17, 15) is 4.79 Å². The van der Waals surface area contributed by atoms with Gasteiger partial charge in [-0.2, -0.15) is 0 Å². The lowest BCUT2D eigenvalue weighted by atomic mass is 9.97. The Morgan fingerprint density at radius 3 is 2.43 bits per heavy atom. The van der Waals surface area contributed by atoms with E-state index in [0.717, 1.165) is 19.4 Å². The molecule has 0 aromatic heterocycles. The first-order valence-corrected chi connectivity index (χ1v) is 5.64. The predicted molar refractivity (Wildman–Crippen MR) is 57.8 cm³/mol. The number of rotatable bonds is 5. The summed E-state index contributed by atoms with van der Waals surface area (Å²) in [5.74, 6) is 0.863. The Balaban J connectivity index is 2.42. The summed E-state index contributed by atoms with van der Waals surface area (Å²) in [4.78, 5) is 11.3. The first-order chi connectivity index (χ1) is 6.61.